The van der Waals surface area contributed by atoms with Crippen molar-refractivity contribution >= 4 is 41.3 Å². The van der Waals surface area contributed by atoms with E-state index in [0.29, 0.717) is 13.1 Å². The Morgan fingerprint density at radius 1 is 1.56 bits per heavy atom. The van der Waals surface area contributed by atoms with Gasteiger partial charge in [0.25, 0.3) is 0 Å². The van der Waals surface area contributed by atoms with Crippen molar-refractivity contribution in [1.29, 1.82) is 0 Å². The Bertz CT molecular complexity index is 330. The predicted molar refractivity (Wildman–Crippen MR) is 71.5 cm³/mol. The second-order valence-electron chi connectivity index (χ2n) is 3.38. The van der Waals surface area contributed by atoms with Gasteiger partial charge >= 0.3 is 0 Å². The SMILES string of the molecule is CNCC(C)C(=O)NCc1ccc(Cl)s1.Cl. The van der Waals surface area contributed by atoms with Gasteiger partial charge in [0.05, 0.1) is 10.9 Å². The smallest absolute Gasteiger partial charge is 0.224 e. The van der Waals surface area contributed by atoms with Crippen LogP contribution in [0.4, 0.5) is 0 Å². The predicted octanol–water partition coefficient (Wildman–Crippen LogP) is 2.30. The molecule has 0 saturated carbocycles. The first-order chi connectivity index (χ1) is 7.13. The fourth-order valence-electron chi connectivity index (χ4n) is 1.19. The van der Waals surface area contributed by atoms with Gasteiger partial charge in [0.1, 0.15) is 0 Å². The largest absolute Gasteiger partial charge is 0.351 e. The summed E-state index contributed by atoms with van der Waals surface area (Å²) in [6.45, 7) is 3.15. The Kier molecular flexibility index (Phi) is 7.76. The van der Waals surface area contributed by atoms with Crippen molar-refractivity contribution in [2.45, 2.75) is 13.5 Å². The van der Waals surface area contributed by atoms with E-state index in [1.807, 2.05) is 26.1 Å². The molecule has 1 unspecified atom stereocenters. The normalized spacial score (nSPS) is 11.7. The molecule has 16 heavy (non-hydrogen) atoms. The van der Waals surface area contributed by atoms with Gasteiger partial charge in [0, 0.05) is 17.3 Å². The van der Waals surface area contributed by atoms with Gasteiger partial charge in [0.2, 0.25) is 5.91 Å². The zero-order valence-electron chi connectivity index (χ0n) is 9.25. The lowest BCUT2D eigenvalue weighted by Crippen LogP contribution is -2.33. The maximum Gasteiger partial charge on any atom is 0.224 e. The average Bonchev–Trinajstić information content (AvgIpc) is 2.61. The molecule has 3 nitrogen and oxygen atoms in total. The summed E-state index contributed by atoms with van der Waals surface area (Å²) >= 11 is 7.27. The van der Waals surface area contributed by atoms with Gasteiger partial charge in [-0.1, -0.05) is 18.5 Å². The second kappa shape index (κ2) is 7.90. The highest BCUT2D eigenvalue weighted by atomic mass is 35.5. The van der Waals surface area contributed by atoms with Gasteiger partial charge in [-0.25, -0.2) is 0 Å². The molecular formula is C10H16Cl2N2OS. The van der Waals surface area contributed by atoms with Crippen molar-refractivity contribution in [3.05, 3.63) is 21.3 Å². The Morgan fingerprint density at radius 2 is 2.25 bits per heavy atom. The van der Waals surface area contributed by atoms with Gasteiger partial charge in [-0.05, 0) is 19.2 Å². The van der Waals surface area contributed by atoms with Crippen molar-refractivity contribution in [3.63, 3.8) is 0 Å². The topological polar surface area (TPSA) is 41.1 Å². The lowest BCUT2D eigenvalue weighted by atomic mass is 10.1. The van der Waals surface area contributed by atoms with Crippen molar-refractivity contribution in [1.82, 2.24) is 10.6 Å². The van der Waals surface area contributed by atoms with Gasteiger partial charge in [-0.15, -0.1) is 23.7 Å². The highest BCUT2D eigenvalue weighted by molar-refractivity contribution is 7.16. The first-order valence-electron chi connectivity index (χ1n) is 4.80. The first kappa shape index (κ1) is 15.7. The zero-order chi connectivity index (χ0) is 11.3. The van der Waals surface area contributed by atoms with E-state index in [-0.39, 0.29) is 24.2 Å². The zero-order valence-corrected chi connectivity index (χ0v) is 11.6. The van der Waals surface area contributed by atoms with E-state index in [4.69, 9.17) is 11.6 Å². The maximum absolute atomic E-state index is 11.5. The minimum Gasteiger partial charge on any atom is -0.351 e. The van der Waals surface area contributed by atoms with E-state index in [1.54, 1.807) is 0 Å². The number of carbonyl (C=O) groups is 1. The molecule has 0 bridgehead atoms. The lowest BCUT2D eigenvalue weighted by molar-refractivity contribution is -0.124. The van der Waals surface area contributed by atoms with Crippen molar-refractivity contribution < 1.29 is 4.79 Å². The number of halogens is 2. The van der Waals surface area contributed by atoms with Crippen LogP contribution in [0.25, 0.3) is 0 Å². The molecule has 0 radical (unpaired) electrons. The molecule has 6 heteroatoms. The Hall–Kier alpha value is -0.290. The van der Waals surface area contributed by atoms with E-state index in [0.717, 1.165) is 9.21 Å². The Morgan fingerprint density at radius 3 is 2.75 bits per heavy atom. The summed E-state index contributed by atoms with van der Waals surface area (Å²) in [6, 6.07) is 3.76. The first-order valence-corrected chi connectivity index (χ1v) is 5.99. The van der Waals surface area contributed by atoms with Crippen LogP contribution in [0.2, 0.25) is 4.34 Å². The maximum atomic E-state index is 11.5. The van der Waals surface area contributed by atoms with Gasteiger partial charge in [-0.2, -0.15) is 0 Å². The quantitative estimate of drug-likeness (QED) is 0.870. The summed E-state index contributed by atoms with van der Waals surface area (Å²) in [5.74, 6) is 0.0549. The minimum atomic E-state index is -0.00886. The molecule has 0 aliphatic heterocycles. The number of hydrogen-bond donors (Lipinski definition) is 2. The van der Waals surface area contributed by atoms with Crippen LogP contribution in [0, 0.1) is 5.92 Å². The summed E-state index contributed by atoms with van der Waals surface area (Å²) in [4.78, 5) is 12.6. The number of carbonyl (C=O) groups excluding carboxylic acids is 1. The third kappa shape index (κ3) is 5.16. The van der Waals surface area contributed by atoms with Crippen LogP contribution in [-0.4, -0.2) is 19.5 Å². The number of hydrogen-bond acceptors (Lipinski definition) is 3. The van der Waals surface area contributed by atoms with Crippen LogP contribution in [0.3, 0.4) is 0 Å². The molecule has 0 aliphatic rings. The highest BCUT2D eigenvalue weighted by Crippen LogP contribution is 2.20. The Labute approximate surface area is 111 Å². The monoisotopic (exact) mass is 282 g/mol. The van der Waals surface area contributed by atoms with E-state index in [1.165, 1.54) is 11.3 Å². The third-order valence-corrected chi connectivity index (χ3v) is 3.25. The molecule has 1 aromatic rings. The average molecular weight is 283 g/mol. The fraction of sp³-hybridized carbons (Fsp3) is 0.500. The number of nitrogens with one attached hydrogen (secondary N) is 2. The molecule has 1 atom stereocenters. The van der Waals surface area contributed by atoms with Crippen LogP contribution in [-0.2, 0) is 11.3 Å². The van der Waals surface area contributed by atoms with Crippen molar-refractivity contribution in [3.8, 4) is 0 Å². The molecule has 92 valence electrons. The highest BCUT2D eigenvalue weighted by Gasteiger charge is 2.11. The summed E-state index contributed by atoms with van der Waals surface area (Å²) in [5, 5.41) is 5.84. The second-order valence-corrected chi connectivity index (χ2v) is 5.18. The molecular weight excluding hydrogens is 267 g/mol. The van der Waals surface area contributed by atoms with Gasteiger partial charge in [-0.3, -0.25) is 4.79 Å². The van der Waals surface area contributed by atoms with Crippen LogP contribution in [0.5, 0.6) is 0 Å². The van der Waals surface area contributed by atoms with Gasteiger partial charge < -0.3 is 10.6 Å². The molecule has 1 amide bonds. The molecule has 0 spiro atoms. The molecule has 1 aromatic heterocycles. The summed E-state index contributed by atoms with van der Waals surface area (Å²) in [7, 11) is 1.84. The third-order valence-electron chi connectivity index (χ3n) is 2.02. The number of amides is 1. The molecule has 0 aromatic carbocycles. The van der Waals surface area contributed by atoms with Gasteiger partial charge in [0.15, 0.2) is 0 Å². The van der Waals surface area contributed by atoms with E-state index < -0.39 is 0 Å². The van der Waals surface area contributed by atoms with Crippen LogP contribution in [0.1, 0.15) is 11.8 Å². The van der Waals surface area contributed by atoms with E-state index >= 15 is 0 Å². The standard InChI is InChI=1S/C10H15ClN2OS.ClH/c1-7(5-12-2)10(14)13-6-8-3-4-9(11)15-8;/h3-4,7,12H,5-6H2,1-2H3,(H,13,14);1H. The fourth-order valence-corrected chi connectivity index (χ4v) is 2.22. The number of thiophene rings is 1. The van der Waals surface area contributed by atoms with Crippen LogP contribution < -0.4 is 10.6 Å². The summed E-state index contributed by atoms with van der Waals surface area (Å²) < 4.78 is 0.752. The van der Waals surface area contributed by atoms with Crippen LogP contribution in [0.15, 0.2) is 12.1 Å². The van der Waals surface area contributed by atoms with E-state index in [2.05, 4.69) is 10.6 Å². The number of rotatable bonds is 5. The molecule has 0 aliphatic carbocycles. The molecule has 0 fully saturated rings. The molecule has 0 saturated heterocycles. The Balaban J connectivity index is 0.00000225. The molecule has 2 N–H and O–H groups in total. The van der Waals surface area contributed by atoms with E-state index in [9.17, 15) is 4.79 Å². The minimum absolute atomic E-state index is 0. The molecule has 1 rings (SSSR count). The summed E-state index contributed by atoms with van der Waals surface area (Å²) in [5.41, 5.74) is 0. The van der Waals surface area contributed by atoms with Crippen molar-refractivity contribution in [2.75, 3.05) is 13.6 Å². The lowest BCUT2D eigenvalue weighted by Gasteiger charge is -2.10. The van der Waals surface area contributed by atoms with Crippen LogP contribution >= 0.6 is 35.3 Å². The molecule has 1 heterocycles. The summed E-state index contributed by atoms with van der Waals surface area (Å²) in [6.07, 6.45) is 0. The van der Waals surface area contributed by atoms with Crippen molar-refractivity contribution in [2.24, 2.45) is 5.92 Å².